The Morgan fingerprint density at radius 1 is 1.00 bits per heavy atom. The maximum atomic E-state index is 4.50. The smallest absolute Gasteiger partial charge is 0.0446 e. The Hall–Kier alpha value is -1.15. The number of thiol groups is 1. The zero-order valence-corrected chi connectivity index (χ0v) is 10.8. The van der Waals surface area contributed by atoms with E-state index < -0.39 is 0 Å². The molecule has 2 aromatic rings. The molecule has 16 heavy (non-hydrogen) atoms. The summed E-state index contributed by atoms with van der Waals surface area (Å²) in [6.45, 7) is 4.40. The first-order valence-electron chi connectivity index (χ1n) is 5.55. The molecule has 0 radical (unpaired) electrons. The fourth-order valence-electron chi connectivity index (χ4n) is 1.86. The zero-order valence-electron chi connectivity index (χ0n) is 9.94. The van der Waals surface area contributed by atoms with Gasteiger partial charge in [-0.15, -0.1) is 12.6 Å². The van der Waals surface area contributed by atoms with Gasteiger partial charge in [0, 0.05) is 29.1 Å². The molecule has 2 heteroatoms. The number of benzene rings is 2. The Balaban J connectivity index is 2.67. The minimum Gasteiger partial charge on any atom is -0.372 e. The summed E-state index contributed by atoms with van der Waals surface area (Å²) in [5.74, 6) is 0. The number of hydrogen-bond donors (Lipinski definition) is 1. The second kappa shape index (κ2) is 4.38. The predicted molar refractivity (Wildman–Crippen MR) is 74.7 cm³/mol. The van der Waals surface area contributed by atoms with Crippen molar-refractivity contribution in [2.24, 2.45) is 0 Å². The second-order valence-corrected chi connectivity index (χ2v) is 4.84. The lowest BCUT2D eigenvalue weighted by molar-refractivity contribution is 0.757. The Labute approximate surface area is 102 Å². The van der Waals surface area contributed by atoms with Gasteiger partial charge in [0.1, 0.15) is 0 Å². The molecular weight excluding hydrogens is 214 g/mol. The van der Waals surface area contributed by atoms with E-state index in [2.05, 4.69) is 68.8 Å². The standard InChI is InChI=1S/C14H17NS/c1-10(2)15(3)13-8-4-7-12-11(13)6-5-9-14(12)16/h4-10,16H,1-3H3. The highest BCUT2D eigenvalue weighted by Gasteiger charge is 2.09. The molecule has 0 spiro atoms. The van der Waals surface area contributed by atoms with Crippen molar-refractivity contribution < 1.29 is 0 Å². The molecule has 0 saturated heterocycles. The van der Waals surface area contributed by atoms with Crippen LogP contribution >= 0.6 is 12.6 Å². The lowest BCUT2D eigenvalue weighted by Gasteiger charge is -2.25. The second-order valence-electron chi connectivity index (χ2n) is 4.35. The fraction of sp³-hybridized carbons (Fsp3) is 0.286. The lowest BCUT2D eigenvalue weighted by atomic mass is 10.1. The minimum absolute atomic E-state index is 0.495. The maximum Gasteiger partial charge on any atom is 0.0446 e. The summed E-state index contributed by atoms with van der Waals surface area (Å²) < 4.78 is 0. The van der Waals surface area contributed by atoms with Crippen molar-refractivity contribution in [2.45, 2.75) is 24.8 Å². The van der Waals surface area contributed by atoms with Gasteiger partial charge >= 0.3 is 0 Å². The van der Waals surface area contributed by atoms with Crippen molar-refractivity contribution in [3.05, 3.63) is 36.4 Å². The van der Waals surface area contributed by atoms with E-state index in [9.17, 15) is 0 Å². The quantitative estimate of drug-likeness (QED) is 0.765. The summed E-state index contributed by atoms with van der Waals surface area (Å²) in [7, 11) is 2.13. The van der Waals surface area contributed by atoms with Crippen molar-refractivity contribution >= 4 is 29.1 Å². The van der Waals surface area contributed by atoms with Gasteiger partial charge < -0.3 is 4.90 Å². The summed E-state index contributed by atoms with van der Waals surface area (Å²) in [4.78, 5) is 3.33. The van der Waals surface area contributed by atoms with Crippen LogP contribution in [0.4, 0.5) is 5.69 Å². The lowest BCUT2D eigenvalue weighted by Crippen LogP contribution is -2.25. The van der Waals surface area contributed by atoms with Crippen molar-refractivity contribution in [3.8, 4) is 0 Å². The third kappa shape index (κ3) is 1.90. The normalized spacial score (nSPS) is 11.1. The highest BCUT2D eigenvalue weighted by molar-refractivity contribution is 7.80. The maximum absolute atomic E-state index is 4.50. The van der Waals surface area contributed by atoms with Gasteiger partial charge in [-0.2, -0.15) is 0 Å². The van der Waals surface area contributed by atoms with Gasteiger partial charge in [0.2, 0.25) is 0 Å². The molecule has 84 valence electrons. The van der Waals surface area contributed by atoms with Gasteiger partial charge in [0.05, 0.1) is 0 Å². The largest absolute Gasteiger partial charge is 0.372 e. The molecule has 0 aliphatic rings. The Morgan fingerprint density at radius 3 is 2.31 bits per heavy atom. The third-order valence-electron chi connectivity index (χ3n) is 3.03. The molecule has 0 saturated carbocycles. The SMILES string of the molecule is CC(C)N(C)c1cccc2c(S)cccc12. The topological polar surface area (TPSA) is 3.24 Å². The van der Waals surface area contributed by atoms with E-state index in [1.54, 1.807) is 0 Å². The van der Waals surface area contributed by atoms with Crippen LogP contribution in [-0.2, 0) is 0 Å². The molecule has 2 rings (SSSR count). The van der Waals surface area contributed by atoms with Crippen LogP contribution in [0.1, 0.15) is 13.8 Å². The molecule has 0 amide bonds. The number of rotatable bonds is 2. The molecule has 0 aliphatic carbocycles. The van der Waals surface area contributed by atoms with Gasteiger partial charge in [-0.05, 0) is 31.4 Å². The first-order valence-corrected chi connectivity index (χ1v) is 5.99. The predicted octanol–water partition coefficient (Wildman–Crippen LogP) is 3.97. The zero-order chi connectivity index (χ0) is 11.7. The molecule has 1 nitrogen and oxygen atoms in total. The summed E-state index contributed by atoms with van der Waals surface area (Å²) in [6.07, 6.45) is 0. The van der Waals surface area contributed by atoms with Crippen LogP contribution < -0.4 is 4.90 Å². The first kappa shape index (κ1) is 11.3. The van der Waals surface area contributed by atoms with Crippen molar-refractivity contribution in [1.82, 2.24) is 0 Å². The van der Waals surface area contributed by atoms with E-state index >= 15 is 0 Å². The fourth-order valence-corrected chi connectivity index (χ4v) is 2.14. The number of anilines is 1. The monoisotopic (exact) mass is 231 g/mol. The highest BCUT2D eigenvalue weighted by atomic mass is 32.1. The average Bonchev–Trinajstić information content (AvgIpc) is 2.28. The molecule has 0 N–H and O–H groups in total. The van der Waals surface area contributed by atoms with Crippen LogP contribution in [0.5, 0.6) is 0 Å². The van der Waals surface area contributed by atoms with Gasteiger partial charge in [-0.25, -0.2) is 0 Å². The van der Waals surface area contributed by atoms with Gasteiger partial charge in [0.15, 0.2) is 0 Å². The molecule has 0 bridgehead atoms. The van der Waals surface area contributed by atoms with E-state index in [0.717, 1.165) is 4.90 Å². The highest BCUT2D eigenvalue weighted by Crippen LogP contribution is 2.30. The number of hydrogen-bond acceptors (Lipinski definition) is 2. The van der Waals surface area contributed by atoms with Crippen molar-refractivity contribution in [1.29, 1.82) is 0 Å². The van der Waals surface area contributed by atoms with E-state index in [1.807, 2.05) is 6.07 Å². The summed E-state index contributed by atoms with van der Waals surface area (Å²) in [6, 6.07) is 13.1. The molecule has 0 aliphatic heterocycles. The van der Waals surface area contributed by atoms with E-state index in [0.29, 0.717) is 6.04 Å². The van der Waals surface area contributed by atoms with Crippen molar-refractivity contribution in [3.63, 3.8) is 0 Å². The minimum atomic E-state index is 0.495. The van der Waals surface area contributed by atoms with Crippen LogP contribution in [0.2, 0.25) is 0 Å². The Bertz CT molecular complexity index is 505. The van der Waals surface area contributed by atoms with Crippen LogP contribution in [0.3, 0.4) is 0 Å². The van der Waals surface area contributed by atoms with E-state index in [-0.39, 0.29) is 0 Å². The summed E-state index contributed by atoms with van der Waals surface area (Å²) in [5.41, 5.74) is 1.27. The van der Waals surface area contributed by atoms with Gasteiger partial charge in [-0.1, -0.05) is 24.3 Å². The molecule has 0 unspecified atom stereocenters. The summed E-state index contributed by atoms with van der Waals surface area (Å²) >= 11 is 4.50. The number of nitrogens with zero attached hydrogens (tertiary/aromatic N) is 1. The third-order valence-corrected chi connectivity index (χ3v) is 3.42. The van der Waals surface area contributed by atoms with Gasteiger partial charge in [0.25, 0.3) is 0 Å². The number of fused-ring (bicyclic) bond motifs is 1. The first-order chi connectivity index (χ1) is 7.61. The Morgan fingerprint density at radius 2 is 1.62 bits per heavy atom. The van der Waals surface area contributed by atoms with E-state index in [1.165, 1.54) is 16.5 Å². The van der Waals surface area contributed by atoms with E-state index in [4.69, 9.17) is 0 Å². The Kier molecular flexibility index (Phi) is 3.10. The molecule has 2 aromatic carbocycles. The molecule has 0 heterocycles. The average molecular weight is 231 g/mol. The van der Waals surface area contributed by atoms with Crippen LogP contribution in [-0.4, -0.2) is 13.1 Å². The molecule has 0 atom stereocenters. The summed E-state index contributed by atoms with van der Waals surface area (Å²) in [5, 5.41) is 2.49. The van der Waals surface area contributed by atoms with Crippen LogP contribution in [0.15, 0.2) is 41.3 Å². The molecule has 0 fully saturated rings. The molecule has 0 aromatic heterocycles. The van der Waals surface area contributed by atoms with Crippen molar-refractivity contribution in [2.75, 3.05) is 11.9 Å². The molecular formula is C14H17NS. The van der Waals surface area contributed by atoms with Crippen LogP contribution in [0.25, 0.3) is 10.8 Å². The van der Waals surface area contributed by atoms with Crippen LogP contribution in [0, 0.1) is 0 Å². The van der Waals surface area contributed by atoms with Gasteiger partial charge in [-0.3, -0.25) is 0 Å².